The first-order chi connectivity index (χ1) is 14.2. The summed E-state index contributed by atoms with van der Waals surface area (Å²) in [6.45, 7) is 3.71. The molecule has 0 aliphatic carbocycles. The fourth-order valence-corrected chi connectivity index (χ4v) is 4.32. The van der Waals surface area contributed by atoms with Gasteiger partial charge in [-0.25, -0.2) is 12.7 Å². The summed E-state index contributed by atoms with van der Waals surface area (Å²) in [6.07, 6.45) is 0. The molecule has 1 amide bonds. The zero-order valence-electron chi connectivity index (χ0n) is 17.6. The molecule has 0 atom stereocenters. The second-order valence-corrected chi connectivity index (χ2v) is 9.60. The molecule has 0 saturated carbocycles. The molecule has 0 aliphatic heterocycles. The fraction of sp³-hybridized carbons (Fsp3) is 0.208. The molecule has 0 unspecified atom stereocenters. The number of hydrogen-bond donors (Lipinski definition) is 1. The van der Waals surface area contributed by atoms with E-state index in [-0.39, 0.29) is 10.8 Å². The topological polar surface area (TPSA) is 66.5 Å². The highest BCUT2D eigenvalue weighted by Gasteiger charge is 2.25. The maximum Gasteiger partial charge on any atom is 0.242 e. The highest BCUT2D eigenvalue weighted by Crippen LogP contribution is 2.29. The van der Waals surface area contributed by atoms with Crippen LogP contribution < -0.4 is 5.32 Å². The van der Waals surface area contributed by atoms with E-state index in [1.807, 2.05) is 74.5 Å². The highest BCUT2D eigenvalue weighted by atomic mass is 32.2. The van der Waals surface area contributed by atoms with Crippen molar-refractivity contribution in [1.29, 1.82) is 0 Å². The number of nitrogens with zero attached hydrogens (tertiary/aromatic N) is 1. The minimum Gasteiger partial charge on any atom is -0.325 e. The predicted octanol–water partition coefficient (Wildman–Crippen LogP) is 4.32. The molecule has 0 heterocycles. The van der Waals surface area contributed by atoms with E-state index in [0.717, 1.165) is 22.3 Å². The largest absolute Gasteiger partial charge is 0.325 e. The van der Waals surface area contributed by atoms with Crippen molar-refractivity contribution in [3.63, 3.8) is 0 Å². The minimum atomic E-state index is -3.62. The van der Waals surface area contributed by atoms with Crippen molar-refractivity contribution in [3.8, 4) is 0 Å². The average Bonchev–Trinajstić information content (AvgIpc) is 2.72. The van der Waals surface area contributed by atoms with Gasteiger partial charge in [-0.3, -0.25) is 4.79 Å². The molecule has 1 N–H and O–H groups in total. The second-order valence-electron chi connectivity index (χ2n) is 7.44. The predicted molar refractivity (Wildman–Crippen MR) is 120 cm³/mol. The van der Waals surface area contributed by atoms with E-state index in [1.54, 1.807) is 6.07 Å². The fourth-order valence-electron chi connectivity index (χ4n) is 3.31. The lowest BCUT2D eigenvalue weighted by atomic mass is 9.90. The zero-order chi connectivity index (χ0) is 21.9. The molecule has 0 aliphatic rings. The Labute approximate surface area is 178 Å². The molecule has 0 saturated heterocycles. The van der Waals surface area contributed by atoms with E-state index >= 15 is 0 Å². The van der Waals surface area contributed by atoms with Crippen LogP contribution in [0.2, 0.25) is 0 Å². The van der Waals surface area contributed by atoms with Crippen molar-refractivity contribution in [2.75, 3.05) is 19.4 Å². The van der Waals surface area contributed by atoms with Gasteiger partial charge in [-0.15, -0.1) is 0 Å². The smallest absolute Gasteiger partial charge is 0.242 e. The number of rotatable bonds is 6. The van der Waals surface area contributed by atoms with Crippen molar-refractivity contribution in [2.45, 2.75) is 24.7 Å². The first-order valence-corrected chi connectivity index (χ1v) is 11.1. The van der Waals surface area contributed by atoms with Gasteiger partial charge in [-0.1, -0.05) is 60.7 Å². The van der Waals surface area contributed by atoms with Crippen LogP contribution in [0.3, 0.4) is 0 Å². The number of amides is 1. The zero-order valence-corrected chi connectivity index (χ0v) is 18.4. The Bertz CT molecular complexity index is 1100. The molecule has 0 spiro atoms. The Morgan fingerprint density at radius 1 is 0.867 bits per heavy atom. The van der Waals surface area contributed by atoms with Crippen LogP contribution in [0.4, 0.5) is 5.69 Å². The van der Waals surface area contributed by atoms with Gasteiger partial charge in [-0.2, -0.15) is 0 Å². The van der Waals surface area contributed by atoms with Crippen molar-refractivity contribution >= 4 is 21.6 Å². The second kappa shape index (κ2) is 8.81. The minimum absolute atomic E-state index is 0.155. The third-order valence-corrected chi connectivity index (χ3v) is 7.00. The van der Waals surface area contributed by atoms with Crippen LogP contribution in [-0.2, 0) is 14.8 Å². The van der Waals surface area contributed by atoms with Gasteiger partial charge in [0.25, 0.3) is 0 Å². The summed E-state index contributed by atoms with van der Waals surface area (Å²) < 4.78 is 26.4. The Kier molecular flexibility index (Phi) is 6.39. The van der Waals surface area contributed by atoms with E-state index in [4.69, 9.17) is 0 Å². The molecule has 0 radical (unpaired) electrons. The number of nitrogens with one attached hydrogen (secondary N) is 1. The number of aryl methyl sites for hydroxylation is 1. The summed E-state index contributed by atoms with van der Waals surface area (Å²) in [4.78, 5) is 13.6. The summed E-state index contributed by atoms with van der Waals surface area (Å²) in [7, 11) is -0.638. The molecular formula is C24H26N2O3S. The van der Waals surface area contributed by atoms with Gasteiger partial charge in [0.1, 0.15) is 0 Å². The number of hydrogen-bond acceptors (Lipinski definition) is 3. The van der Waals surface area contributed by atoms with E-state index in [1.165, 1.54) is 24.5 Å². The Morgan fingerprint density at radius 3 is 1.83 bits per heavy atom. The van der Waals surface area contributed by atoms with Crippen LogP contribution in [-0.4, -0.2) is 32.7 Å². The lowest BCUT2D eigenvalue weighted by Crippen LogP contribution is -2.24. The van der Waals surface area contributed by atoms with Crippen LogP contribution >= 0.6 is 0 Å². The molecular weight excluding hydrogens is 396 g/mol. The molecule has 3 aromatic carbocycles. The Morgan fingerprint density at radius 2 is 1.37 bits per heavy atom. The van der Waals surface area contributed by atoms with E-state index < -0.39 is 15.9 Å². The standard InChI is InChI=1S/C24H26N2O3S/c1-17-15-21(30(28,29)26(3)4)16-22(18(17)2)25-24(27)23(19-11-7-5-8-12-19)20-13-9-6-10-14-20/h5-16,23H,1-4H3,(H,25,27). The number of carbonyl (C=O) groups is 1. The summed E-state index contributed by atoms with van der Waals surface area (Å²) in [5.41, 5.74) is 3.86. The van der Waals surface area contributed by atoms with Gasteiger partial charge in [0.05, 0.1) is 10.8 Å². The van der Waals surface area contributed by atoms with E-state index in [9.17, 15) is 13.2 Å². The summed E-state index contributed by atoms with van der Waals surface area (Å²) in [5, 5.41) is 2.98. The number of anilines is 1. The van der Waals surface area contributed by atoms with Gasteiger partial charge in [0, 0.05) is 19.8 Å². The van der Waals surface area contributed by atoms with Crippen LogP contribution in [0.25, 0.3) is 0 Å². The third-order valence-electron chi connectivity index (χ3n) is 5.21. The first kappa shape index (κ1) is 21.7. The molecule has 3 aromatic rings. The summed E-state index contributed by atoms with van der Waals surface area (Å²) >= 11 is 0. The Hall–Kier alpha value is -2.96. The Balaban J connectivity index is 2.04. The highest BCUT2D eigenvalue weighted by molar-refractivity contribution is 7.89. The lowest BCUT2D eigenvalue weighted by Gasteiger charge is -2.20. The molecule has 6 heteroatoms. The van der Waals surface area contributed by atoms with Crippen molar-refractivity contribution in [1.82, 2.24) is 4.31 Å². The van der Waals surface area contributed by atoms with Crippen molar-refractivity contribution < 1.29 is 13.2 Å². The lowest BCUT2D eigenvalue weighted by molar-refractivity contribution is -0.116. The van der Waals surface area contributed by atoms with Gasteiger partial charge in [0.15, 0.2) is 0 Å². The number of sulfonamides is 1. The number of benzene rings is 3. The van der Waals surface area contributed by atoms with E-state index in [0.29, 0.717) is 5.69 Å². The first-order valence-electron chi connectivity index (χ1n) is 9.66. The SMILES string of the molecule is Cc1cc(S(=O)(=O)N(C)C)cc(NC(=O)C(c2ccccc2)c2ccccc2)c1C. The average molecular weight is 423 g/mol. The molecule has 30 heavy (non-hydrogen) atoms. The van der Waals surface area contributed by atoms with E-state index in [2.05, 4.69) is 5.32 Å². The molecule has 3 rings (SSSR count). The number of carbonyl (C=O) groups excluding carboxylic acids is 1. The summed E-state index contributed by atoms with van der Waals surface area (Å²) in [5.74, 6) is -0.726. The normalized spacial score (nSPS) is 11.7. The van der Waals surface area contributed by atoms with Gasteiger partial charge < -0.3 is 5.32 Å². The molecule has 0 bridgehead atoms. The third kappa shape index (κ3) is 4.45. The molecule has 156 valence electrons. The van der Waals surface area contributed by atoms with Crippen LogP contribution in [0.1, 0.15) is 28.2 Å². The maximum atomic E-state index is 13.4. The van der Waals surface area contributed by atoms with Gasteiger partial charge in [0.2, 0.25) is 15.9 Å². The molecule has 5 nitrogen and oxygen atoms in total. The van der Waals surface area contributed by atoms with Gasteiger partial charge >= 0.3 is 0 Å². The van der Waals surface area contributed by atoms with Gasteiger partial charge in [-0.05, 0) is 48.2 Å². The quantitative estimate of drug-likeness (QED) is 0.643. The molecule has 0 fully saturated rings. The molecule has 0 aromatic heterocycles. The van der Waals surface area contributed by atoms with Crippen LogP contribution in [0.15, 0.2) is 77.7 Å². The maximum absolute atomic E-state index is 13.4. The van der Waals surface area contributed by atoms with Crippen LogP contribution in [0.5, 0.6) is 0 Å². The van der Waals surface area contributed by atoms with Crippen LogP contribution in [0, 0.1) is 13.8 Å². The van der Waals surface area contributed by atoms with Crippen molar-refractivity contribution in [2.24, 2.45) is 0 Å². The summed E-state index contributed by atoms with van der Waals surface area (Å²) in [6, 6.07) is 22.3. The van der Waals surface area contributed by atoms with Crippen molar-refractivity contribution in [3.05, 3.63) is 95.1 Å². The monoisotopic (exact) mass is 422 g/mol.